The molecule has 2 atom stereocenters. The molecule has 0 aliphatic carbocycles. The molecule has 22 heavy (non-hydrogen) atoms. The van der Waals surface area contributed by atoms with Gasteiger partial charge in [0.2, 0.25) is 5.91 Å². The van der Waals surface area contributed by atoms with Crippen LogP contribution in [-0.2, 0) is 11.2 Å². The molecule has 1 heterocycles. The number of rotatable bonds is 9. The van der Waals surface area contributed by atoms with E-state index in [0.717, 1.165) is 19.4 Å². The zero-order valence-corrected chi connectivity index (χ0v) is 13.8. The van der Waals surface area contributed by atoms with Crippen LogP contribution in [0.25, 0.3) is 0 Å². The Hall–Kier alpha value is -1.35. The molecule has 1 aromatic carbocycles. The van der Waals surface area contributed by atoms with Gasteiger partial charge >= 0.3 is 0 Å². The number of hydrogen-bond acceptors (Lipinski definition) is 2. The molecule has 1 aromatic rings. The van der Waals surface area contributed by atoms with Gasteiger partial charge in [-0.1, -0.05) is 75.8 Å². The van der Waals surface area contributed by atoms with Crippen LogP contribution in [-0.4, -0.2) is 24.5 Å². The fraction of sp³-hybridized carbons (Fsp3) is 0.632. The average molecular weight is 302 g/mol. The molecule has 122 valence electrons. The first-order chi connectivity index (χ1) is 10.8. The van der Waals surface area contributed by atoms with Crippen molar-refractivity contribution >= 4 is 5.91 Å². The molecule has 1 fully saturated rings. The van der Waals surface area contributed by atoms with Gasteiger partial charge in [0, 0.05) is 12.6 Å². The third-order valence-electron chi connectivity index (χ3n) is 4.46. The second-order valence-corrected chi connectivity index (χ2v) is 6.41. The lowest BCUT2D eigenvalue weighted by atomic mass is 9.99. The van der Waals surface area contributed by atoms with Gasteiger partial charge in [0.25, 0.3) is 0 Å². The number of nitrogens with one attached hydrogen (secondary N) is 2. The van der Waals surface area contributed by atoms with E-state index in [1.807, 2.05) is 18.2 Å². The average Bonchev–Trinajstić information content (AvgIpc) is 2.55. The maximum absolute atomic E-state index is 12.0. The van der Waals surface area contributed by atoms with Gasteiger partial charge in [-0.3, -0.25) is 4.79 Å². The van der Waals surface area contributed by atoms with Gasteiger partial charge in [-0.2, -0.15) is 0 Å². The van der Waals surface area contributed by atoms with E-state index in [-0.39, 0.29) is 11.9 Å². The highest BCUT2D eigenvalue weighted by atomic mass is 16.2. The standard InChI is InChI=1S/C19H30N2O/c1-2-3-4-5-6-10-13-17-15-20-19(22)18(21-17)14-16-11-8-7-9-12-16/h7-9,11-12,17-18,21H,2-6,10,13-15H2,1H3,(H,20,22)/t17-,18-/m0/s1. The summed E-state index contributed by atoms with van der Waals surface area (Å²) in [5, 5.41) is 6.60. The van der Waals surface area contributed by atoms with Crippen molar-refractivity contribution in [2.75, 3.05) is 6.54 Å². The Morgan fingerprint density at radius 1 is 1.05 bits per heavy atom. The topological polar surface area (TPSA) is 41.1 Å². The van der Waals surface area contributed by atoms with Crippen molar-refractivity contribution < 1.29 is 4.79 Å². The molecule has 3 nitrogen and oxygen atoms in total. The lowest BCUT2D eigenvalue weighted by Gasteiger charge is -2.31. The molecular formula is C19H30N2O. The predicted molar refractivity (Wildman–Crippen MR) is 91.9 cm³/mol. The van der Waals surface area contributed by atoms with E-state index in [9.17, 15) is 4.79 Å². The molecule has 2 N–H and O–H groups in total. The number of piperazine rings is 1. The Bertz CT molecular complexity index is 432. The smallest absolute Gasteiger partial charge is 0.237 e. The van der Waals surface area contributed by atoms with Crippen molar-refractivity contribution in [1.29, 1.82) is 0 Å². The summed E-state index contributed by atoms with van der Waals surface area (Å²) in [5.41, 5.74) is 1.22. The molecule has 1 saturated heterocycles. The van der Waals surface area contributed by atoms with Crippen LogP contribution in [0.3, 0.4) is 0 Å². The lowest BCUT2D eigenvalue weighted by molar-refractivity contribution is -0.125. The van der Waals surface area contributed by atoms with Gasteiger partial charge in [-0.05, 0) is 18.4 Å². The largest absolute Gasteiger partial charge is 0.353 e. The summed E-state index contributed by atoms with van der Waals surface area (Å²) in [6.45, 7) is 3.03. The summed E-state index contributed by atoms with van der Waals surface area (Å²) in [5.74, 6) is 0.142. The summed E-state index contributed by atoms with van der Waals surface area (Å²) in [4.78, 5) is 12.0. The highest BCUT2D eigenvalue weighted by Crippen LogP contribution is 2.12. The normalized spacial score (nSPS) is 21.6. The molecule has 1 aliphatic heterocycles. The minimum absolute atomic E-state index is 0.0822. The van der Waals surface area contributed by atoms with E-state index in [2.05, 4.69) is 29.7 Å². The van der Waals surface area contributed by atoms with Gasteiger partial charge in [0.15, 0.2) is 0 Å². The third kappa shape index (κ3) is 5.80. The Labute approximate surface area is 134 Å². The minimum atomic E-state index is -0.0822. The maximum atomic E-state index is 12.0. The molecule has 0 spiro atoms. The first-order valence-corrected chi connectivity index (χ1v) is 8.87. The van der Waals surface area contributed by atoms with Crippen molar-refractivity contribution in [2.24, 2.45) is 0 Å². The summed E-state index contributed by atoms with van der Waals surface area (Å²) in [7, 11) is 0. The number of amides is 1. The summed E-state index contributed by atoms with van der Waals surface area (Å²) in [6.07, 6.45) is 9.89. The molecule has 2 rings (SSSR count). The quantitative estimate of drug-likeness (QED) is 0.686. The van der Waals surface area contributed by atoms with Crippen molar-refractivity contribution in [3.63, 3.8) is 0 Å². The van der Waals surface area contributed by atoms with Crippen molar-refractivity contribution in [3.8, 4) is 0 Å². The summed E-state index contributed by atoms with van der Waals surface area (Å²) >= 11 is 0. The van der Waals surface area contributed by atoms with Crippen LogP contribution in [0.2, 0.25) is 0 Å². The monoisotopic (exact) mass is 302 g/mol. The van der Waals surface area contributed by atoms with Gasteiger partial charge < -0.3 is 10.6 Å². The molecule has 1 aliphatic rings. The fourth-order valence-corrected chi connectivity index (χ4v) is 3.12. The number of benzene rings is 1. The molecule has 3 heteroatoms. The van der Waals surface area contributed by atoms with Crippen LogP contribution in [0.1, 0.15) is 57.4 Å². The summed E-state index contributed by atoms with van der Waals surface area (Å²) < 4.78 is 0. The fourth-order valence-electron chi connectivity index (χ4n) is 3.12. The van der Waals surface area contributed by atoms with E-state index in [0.29, 0.717) is 6.04 Å². The van der Waals surface area contributed by atoms with Crippen LogP contribution < -0.4 is 10.6 Å². The molecular weight excluding hydrogens is 272 g/mol. The Kier molecular flexibility index (Phi) is 7.44. The second kappa shape index (κ2) is 9.62. The predicted octanol–water partition coefficient (Wildman–Crippen LogP) is 3.44. The first kappa shape index (κ1) is 17.0. The van der Waals surface area contributed by atoms with Crippen LogP contribution in [0.4, 0.5) is 0 Å². The zero-order valence-electron chi connectivity index (χ0n) is 13.8. The van der Waals surface area contributed by atoms with E-state index < -0.39 is 0 Å². The highest BCUT2D eigenvalue weighted by molar-refractivity contribution is 5.83. The number of carbonyl (C=O) groups excluding carboxylic acids is 1. The molecule has 0 bridgehead atoms. The number of unbranched alkanes of at least 4 members (excludes halogenated alkanes) is 5. The van der Waals surface area contributed by atoms with Gasteiger partial charge in [0.1, 0.15) is 0 Å². The third-order valence-corrected chi connectivity index (χ3v) is 4.46. The van der Waals surface area contributed by atoms with E-state index in [1.165, 1.54) is 44.1 Å². The van der Waals surface area contributed by atoms with Gasteiger partial charge in [0.05, 0.1) is 6.04 Å². The van der Waals surface area contributed by atoms with Crippen LogP contribution in [0, 0.1) is 0 Å². The minimum Gasteiger partial charge on any atom is -0.353 e. The molecule has 0 unspecified atom stereocenters. The highest BCUT2D eigenvalue weighted by Gasteiger charge is 2.27. The maximum Gasteiger partial charge on any atom is 0.237 e. The van der Waals surface area contributed by atoms with Crippen LogP contribution >= 0.6 is 0 Å². The van der Waals surface area contributed by atoms with Gasteiger partial charge in [-0.15, -0.1) is 0 Å². The second-order valence-electron chi connectivity index (χ2n) is 6.41. The lowest BCUT2D eigenvalue weighted by Crippen LogP contribution is -2.59. The van der Waals surface area contributed by atoms with Crippen LogP contribution in [0.15, 0.2) is 30.3 Å². The number of hydrogen-bond donors (Lipinski definition) is 2. The molecule has 0 saturated carbocycles. The van der Waals surface area contributed by atoms with Crippen LogP contribution in [0.5, 0.6) is 0 Å². The van der Waals surface area contributed by atoms with Crippen molar-refractivity contribution in [1.82, 2.24) is 10.6 Å². The number of carbonyl (C=O) groups is 1. The molecule has 0 aromatic heterocycles. The Morgan fingerprint density at radius 3 is 2.55 bits per heavy atom. The van der Waals surface area contributed by atoms with E-state index in [1.54, 1.807) is 0 Å². The zero-order chi connectivity index (χ0) is 15.6. The SMILES string of the molecule is CCCCCCCC[C@H]1CNC(=O)[C@H](Cc2ccccc2)N1. The molecule has 1 amide bonds. The summed E-state index contributed by atoms with van der Waals surface area (Å²) in [6, 6.07) is 10.6. The molecule has 0 radical (unpaired) electrons. The van der Waals surface area contributed by atoms with Crippen molar-refractivity contribution in [2.45, 2.75) is 70.4 Å². The van der Waals surface area contributed by atoms with Gasteiger partial charge in [-0.25, -0.2) is 0 Å². The Balaban J connectivity index is 1.70. The van der Waals surface area contributed by atoms with E-state index in [4.69, 9.17) is 0 Å². The first-order valence-electron chi connectivity index (χ1n) is 8.87. The Morgan fingerprint density at radius 2 is 1.77 bits per heavy atom. The van der Waals surface area contributed by atoms with Crippen molar-refractivity contribution in [3.05, 3.63) is 35.9 Å². The van der Waals surface area contributed by atoms with E-state index >= 15 is 0 Å².